The predicted octanol–water partition coefficient (Wildman–Crippen LogP) is 3.92. The lowest BCUT2D eigenvalue weighted by Gasteiger charge is -2.48. The van der Waals surface area contributed by atoms with Gasteiger partial charge < -0.3 is 9.47 Å². The minimum atomic E-state index is -0.339. The number of fused-ring (bicyclic) bond motifs is 4. The number of allylic oxidation sites excluding steroid dienone is 4. The van der Waals surface area contributed by atoms with E-state index < -0.39 is 0 Å². The number of rotatable bonds is 2. The van der Waals surface area contributed by atoms with E-state index in [0.717, 1.165) is 57.3 Å². The van der Waals surface area contributed by atoms with E-state index in [0.29, 0.717) is 11.8 Å². The molecule has 28 heavy (non-hydrogen) atoms. The van der Waals surface area contributed by atoms with Crippen molar-refractivity contribution in [2.75, 3.05) is 27.4 Å². The summed E-state index contributed by atoms with van der Waals surface area (Å²) in [5.41, 5.74) is 5.56. The highest BCUT2D eigenvalue weighted by Crippen LogP contribution is 2.60. The third kappa shape index (κ3) is 2.59. The van der Waals surface area contributed by atoms with Crippen molar-refractivity contribution in [2.24, 2.45) is 17.3 Å². The largest absolute Gasteiger partial charge is 0.347 e. The van der Waals surface area contributed by atoms with E-state index >= 15 is 0 Å². The van der Waals surface area contributed by atoms with Crippen LogP contribution in [0.15, 0.2) is 34.4 Å². The molecule has 1 fully saturated rings. The molecule has 1 heterocycles. The fourth-order valence-electron chi connectivity index (χ4n) is 6.46. The van der Waals surface area contributed by atoms with Gasteiger partial charge in [0.15, 0.2) is 5.79 Å². The van der Waals surface area contributed by atoms with Gasteiger partial charge in [-0.1, -0.05) is 24.6 Å². The topological polar surface area (TPSA) is 48.0 Å². The molecule has 0 N–H and O–H groups in total. The molecule has 0 saturated carbocycles. The minimum absolute atomic E-state index is 0.00945. The molecule has 5 rings (SSSR count). The maximum atomic E-state index is 12.8. The summed E-state index contributed by atoms with van der Waals surface area (Å²) in [6, 6.07) is 0. The molecule has 0 aromatic heterocycles. The Kier molecular flexibility index (Phi) is 4.34. The molecule has 1 amide bonds. The minimum Gasteiger partial charge on any atom is -0.347 e. The number of likely N-dealkylation sites (N-methyl/N-ethyl adjacent to an activating group) is 1. The van der Waals surface area contributed by atoms with Crippen LogP contribution in [0.4, 0.5) is 0 Å². The average Bonchev–Trinajstić information content (AvgIpc) is 3.30. The molecular formula is C23H31NO4. The van der Waals surface area contributed by atoms with E-state index in [-0.39, 0.29) is 17.1 Å². The number of carbonyl (C=O) groups is 1. The van der Waals surface area contributed by atoms with Crippen LogP contribution in [-0.2, 0) is 19.1 Å². The van der Waals surface area contributed by atoms with Crippen LogP contribution in [0, 0.1) is 17.3 Å². The molecule has 5 nitrogen and oxygen atoms in total. The molecule has 0 aromatic carbocycles. The Morgan fingerprint density at radius 1 is 1.25 bits per heavy atom. The number of amides is 1. The van der Waals surface area contributed by atoms with E-state index in [4.69, 9.17) is 14.3 Å². The van der Waals surface area contributed by atoms with Crippen molar-refractivity contribution in [3.63, 3.8) is 0 Å². The van der Waals surface area contributed by atoms with Gasteiger partial charge in [0.05, 0.1) is 20.3 Å². The van der Waals surface area contributed by atoms with Crippen molar-refractivity contribution in [1.82, 2.24) is 5.06 Å². The first-order valence-electron chi connectivity index (χ1n) is 10.7. The first-order chi connectivity index (χ1) is 13.5. The second-order valence-corrected chi connectivity index (χ2v) is 9.24. The fourth-order valence-corrected chi connectivity index (χ4v) is 6.46. The van der Waals surface area contributed by atoms with Crippen LogP contribution in [-0.4, -0.2) is 44.1 Å². The van der Waals surface area contributed by atoms with Gasteiger partial charge in [0.2, 0.25) is 0 Å². The molecule has 1 spiro atoms. The molecule has 5 heteroatoms. The Morgan fingerprint density at radius 3 is 2.79 bits per heavy atom. The van der Waals surface area contributed by atoms with E-state index in [1.54, 1.807) is 30.9 Å². The summed E-state index contributed by atoms with van der Waals surface area (Å²) in [5, 5.41) is 1.36. The molecule has 0 bridgehead atoms. The average molecular weight is 386 g/mol. The Balaban J connectivity index is 1.43. The van der Waals surface area contributed by atoms with E-state index in [1.165, 1.54) is 11.5 Å². The van der Waals surface area contributed by atoms with E-state index in [9.17, 15) is 4.79 Å². The highest BCUT2D eigenvalue weighted by atomic mass is 16.7. The van der Waals surface area contributed by atoms with Gasteiger partial charge >= 0.3 is 0 Å². The van der Waals surface area contributed by atoms with Gasteiger partial charge in [-0.15, -0.1) is 0 Å². The summed E-state index contributed by atoms with van der Waals surface area (Å²) in [6.45, 7) is 3.74. The second kappa shape index (κ2) is 6.54. The quantitative estimate of drug-likeness (QED) is 0.676. The number of hydroxylamine groups is 2. The zero-order chi connectivity index (χ0) is 19.5. The Bertz CT molecular complexity index is 788. The second-order valence-electron chi connectivity index (χ2n) is 9.24. The van der Waals surface area contributed by atoms with Crippen LogP contribution >= 0.6 is 0 Å². The Morgan fingerprint density at radius 2 is 2.04 bits per heavy atom. The summed E-state index contributed by atoms with van der Waals surface area (Å²) < 4.78 is 12.0. The lowest BCUT2D eigenvalue weighted by atomic mass is 9.57. The molecule has 3 atom stereocenters. The SMILES string of the molecule is CON(C)C(=O)C1=CCC2C3CCC4=C(CCC5(C4)OCCO5)C3=CC[C@]12C. The maximum absolute atomic E-state index is 12.8. The van der Waals surface area contributed by atoms with Gasteiger partial charge in [0.1, 0.15) is 0 Å². The lowest BCUT2D eigenvalue weighted by Crippen LogP contribution is -2.42. The van der Waals surface area contributed by atoms with Gasteiger partial charge in [0.25, 0.3) is 5.91 Å². The van der Waals surface area contributed by atoms with Crippen molar-refractivity contribution in [2.45, 2.75) is 57.7 Å². The van der Waals surface area contributed by atoms with E-state index in [1.807, 2.05) is 0 Å². The van der Waals surface area contributed by atoms with Gasteiger partial charge in [0, 0.05) is 30.9 Å². The number of hydrogen-bond acceptors (Lipinski definition) is 4. The molecular weight excluding hydrogens is 354 g/mol. The Labute approximate surface area is 167 Å². The summed E-state index contributed by atoms with van der Waals surface area (Å²) >= 11 is 0. The normalized spacial score (nSPS) is 35.8. The van der Waals surface area contributed by atoms with Crippen molar-refractivity contribution in [3.05, 3.63) is 34.4 Å². The van der Waals surface area contributed by atoms with Crippen LogP contribution in [0.3, 0.4) is 0 Å². The third-order valence-electron chi connectivity index (χ3n) is 8.02. The van der Waals surface area contributed by atoms with Gasteiger partial charge in [-0.25, -0.2) is 5.06 Å². The van der Waals surface area contributed by atoms with Gasteiger partial charge in [-0.2, -0.15) is 0 Å². The summed E-state index contributed by atoms with van der Waals surface area (Å²) in [4.78, 5) is 18.0. The number of ether oxygens (including phenoxy) is 2. The predicted molar refractivity (Wildman–Crippen MR) is 105 cm³/mol. The third-order valence-corrected chi connectivity index (χ3v) is 8.02. The Hall–Kier alpha value is -1.43. The lowest BCUT2D eigenvalue weighted by molar-refractivity contribution is -0.165. The zero-order valence-electron chi connectivity index (χ0n) is 17.3. The van der Waals surface area contributed by atoms with Crippen LogP contribution < -0.4 is 0 Å². The first kappa shape index (κ1) is 18.6. The standard InChI is InChI=1S/C23H31NO4/c1-22-10-8-17-16-9-11-23(27-12-13-28-23)14-15(16)4-5-18(17)19(22)6-7-20(22)21(25)24(2)26-3/h7-8,18-19H,4-6,9-14H2,1-3H3/t18?,19?,22-/m0/s1. The molecule has 1 aliphatic heterocycles. The molecule has 1 saturated heterocycles. The number of nitrogens with zero attached hydrogens (tertiary/aromatic N) is 1. The van der Waals surface area contributed by atoms with E-state index in [2.05, 4.69) is 19.1 Å². The zero-order valence-corrected chi connectivity index (χ0v) is 17.3. The molecule has 2 unspecified atom stereocenters. The highest BCUT2D eigenvalue weighted by Gasteiger charge is 2.52. The summed E-state index contributed by atoms with van der Waals surface area (Å²) in [5.74, 6) is 0.747. The van der Waals surface area contributed by atoms with Crippen molar-refractivity contribution in [1.29, 1.82) is 0 Å². The number of hydrogen-bond donors (Lipinski definition) is 0. The van der Waals surface area contributed by atoms with Crippen LogP contribution in [0.2, 0.25) is 0 Å². The fraction of sp³-hybridized carbons (Fsp3) is 0.696. The molecule has 152 valence electrons. The van der Waals surface area contributed by atoms with Crippen molar-refractivity contribution in [3.8, 4) is 0 Å². The first-order valence-corrected chi connectivity index (χ1v) is 10.7. The highest BCUT2D eigenvalue weighted by molar-refractivity contribution is 5.94. The summed E-state index contributed by atoms with van der Waals surface area (Å²) in [6.07, 6.45) is 11.8. The summed E-state index contributed by atoms with van der Waals surface area (Å²) in [7, 11) is 3.25. The maximum Gasteiger partial charge on any atom is 0.273 e. The molecule has 0 radical (unpaired) electrons. The van der Waals surface area contributed by atoms with Crippen LogP contribution in [0.25, 0.3) is 0 Å². The van der Waals surface area contributed by atoms with Crippen molar-refractivity contribution >= 4 is 5.91 Å². The number of carbonyl (C=O) groups excluding carboxylic acids is 1. The molecule has 4 aliphatic carbocycles. The van der Waals surface area contributed by atoms with Crippen LogP contribution in [0.1, 0.15) is 51.9 Å². The van der Waals surface area contributed by atoms with Crippen molar-refractivity contribution < 1.29 is 19.1 Å². The van der Waals surface area contributed by atoms with Gasteiger partial charge in [-0.05, 0) is 55.1 Å². The molecule has 0 aromatic rings. The molecule has 5 aliphatic rings. The van der Waals surface area contributed by atoms with Crippen LogP contribution in [0.5, 0.6) is 0 Å². The monoisotopic (exact) mass is 385 g/mol. The smallest absolute Gasteiger partial charge is 0.273 e. The van der Waals surface area contributed by atoms with Gasteiger partial charge in [-0.3, -0.25) is 9.63 Å².